The highest BCUT2D eigenvalue weighted by molar-refractivity contribution is 7.07. The van der Waals surface area contributed by atoms with E-state index in [1.165, 1.54) is 37.3 Å². The number of rotatable bonds is 3. The summed E-state index contributed by atoms with van der Waals surface area (Å²) in [6.45, 7) is 4.29. The van der Waals surface area contributed by atoms with Crippen LogP contribution in [0.15, 0.2) is 16.4 Å². The van der Waals surface area contributed by atoms with Crippen LogP contribution in [0.3, 0.4) is 0 Å². The van der Waals surface area contributed by atoms with Crippen LogP contribution in [0.2, 0.25) is 0 Å². The van der Waals surface area contributed by atoms with Gasteiger partial charge in [0.25, 0.3) is 0 Å². The third-order valence-corrected chi connectivity index (χ3v) is 3.19. The minimum absolute atomic E-state index is 0.166. The van der Waals surface area contributed by atoms with Crippen molar-refractivity contribution in [3.8, 4) is 0 Å². The van der Waals surface area contributed by atoms with Crippen molar-refractivity contribution in [3.05, 3.63) is 21.2 Å². The Morgan fingerprint density at radius 1 is 1.31 bits per heavy atom. The third kappa shape index (κ3) is 2.19. The van der Waals surface area contributed by atoms with Crippen molar-refractivity contribution in [2.75, 3.05) is 19.6 Å². The van der Waals surface area contributed by atoms with E-state index in [0.29, 0.717) is 0 Å². The molecule has 0 aliphatic carbocycles. The molecule has 2 heterocycles. The molecule has 0 atom stereocenters. The molecule has 0 N–H and O–H groups in total. The second-order valence-electron chi connectivity index (χ2n) is 3.41. The van der Waals surface area contributed by atoms with E-state index >= 15 is 0 Å². The lowest BCUT2D eigenvalue weighted by Gasteiger charge is -2.13. The Balaban J connectivity index is 1.85. The van der Waals surface area contributed by atoms with Crippen molar-refractivity contribution >= 4 is 11.3 Å². The molecule has 3 nitrogen and oxygen atoms in total. The minimum Gasteiger partial charge on any atom is -0.305 e. The predicted molar refractivity (Wildman–Crippen MR) is 54.3 cm³/mol. The maximum atomic E-state index is 11.2. The molecular weight excluding hydrogens is 184 g/mol. The quantitative estimate of drug-likeness (QED) is 0.724. The van der Waals surface area contributed by atoms with Gasteiger partial charge in [-0.1, -0.05) is 11.3 Å². The molecule has 0 unspecified atom stereocenters. The molecule has 1 aliphatic rings. The third-order valence-electron chi connectivity index (χ3n) is 2.50. The fourth-order valence-corrected chi connectivity index (χ4v) is 2.32. The number of thiazole rings is 1. The lowest BCUT2D eigenvalue weighted by atomic mass is 10.4. The number of likely N-dealkylation sites (tertiary alicyclic amines) is 1. The Morgan fingerprint density at radius 3 is 2.69 bits per heavy atom. The van der Waals surface area contributed by atoms with Crippen molar-refractivity contribution in [1.29, 1.82) is 0 Å². The largest absolute Gasteiger partial charge is 0.307 e. The van der Waals surface area contributed by atoms with Gasteiger partial charge in [-0.25, -0.2) is 0 Å². The van der Waals surface area contributed by atoms with Crippen LogP contribution in [-0.4, -0.2) is 29.1 Å². The SMILES string of the molecule is O=c1sccn1CCN1CCCC1. The molecular formula is C9H14N2OS. The van der Waals surface area contributed by atoms with Gasteiger partial charge < -0.3 is 9.47 Å². The van der Waals surface area contributed by atoms with Crippen LogP contribution in [0.1, 0.15) is 12.8 Å². The van der Waals surface area contributed by atoms with Crippen molar-refractivity contribution in [1.82, 2.24) is 9.47 Å². The fourth-order valence-electron chi connectivity index (χ4n) is 1.71. The van der Waals surface area contributed by atoms with E-state index in [4.69, 9.17) is 0 Å². The molecule has 13 heavy (non-hydrogen) atoms. The van der Waals surface area contributed by atoms with Crippen LogP contribution in [0.25, 0.3) is 0 Å². The van der Waals surface area contributed by atoms with Crippen LogP contribution < -0.4 is 4.87 Å². The lowest BCUT2D eigenvalue weighted by Crippen LogP contribution is -2.26. The van der Waals surface area contributed by atoms with E-state index in [1.807, 2.05) is 11.6 Å². The summed E-state index contributed by atoms with van der Waals surface area (Å²) < 4.78 is 1.79. The maximum Gasteiger partial charge on any atom is 0.307 e. The van der Waals surface area contributed by atoms with Crippen molar-refractivity contribution in [2.45, 2.75) is 19.4 Å². The van der Waals surface area contributed by atoms with Crippen LogP contribution in [0.5, 0.6) is 0 Å². The molecule has 1 aromatic rings. The fraction of sp³-hybridized carbons (Fsp3) is 0.667. The average Bonchev–Trinajstić information content (AvgIpc) is 2.72. The highest BCUT2D eigenvalue weighted by atomic mass is 32.1. The van der Waals surface area contributed by atoms with Gasteiger partial charge >= 0.3 is 4.87 Å². The topological polar surface area (TPSA) is 25.2 Å². The molecule has 1 saturated heterocycles. The van der Waals surface area contributed by atoms with E-state index < -0.39 is 0 Å². The molecule has 0 radical (unpaired) electrons. The molecule has 0 saturated carbocycles. The summed E-state index contributed by atoms with van der Waals surface area (Å²) in [7, 11) is 0. The highest BCUT2D eigenvalue weighted by Gasteiger charge is 2.10. The summed E-state index contributed by atoms with van der Waals surface area (Å²) in [6.07, 6.45) is 4.51. The molecule has 0 aromatic carbocycles. The first kappa shape index (κ1) is 8.97. The number of aromatic nitrogens is 1. The van der Waals surface area contributed by atoms with Gasteiger partial charge in [0, 0.05) is 24.7 Å². The molecule has 0 spiro atoms. The number of hydrogen-bond acceptors (Lipinski definition) is 3. The normalized spacial score (nSPS) is 18.2. The Bertz CT molecular complexity index is 311. The first-order valence-corrected chi connectivity index (χ1v) is 5.60. The lowest BCUT2D eigenvalue weighted by molar-refractivity contribution is 0.321. The molecule has 72 valence electrons. The van der Waals surface area contributed by atoms with Gasteiger partial charge in [-0.3, -0.25) is 4.79 Å². The van der Waals surface area contributed by atoms with Crippen LogP contribution >= 0.6 is 11.3 Å². The minimum atomic E-state index is 0.166. The summed E-state index contributed by atoms with van der Waals surface area (Å²) in [5.74, 6) is 0. The monoisotopic (exact) mass is 198 g/mol. The van der Waals surface area contributed by atoms with E-state index in [2.05, 4.69) is 4.90 Å². The first-order valence-electron chi connectivity index (χ1n) is 4.72. The maximum absolute atomic E-state index is 11.2. The van der Waals surface area contributed by atoms with E-state index in [0.717, 1.165) is 13.1 Å². The number of nitrogens with zero attached hydrogens (tertiary/aromatic N) is 2. The van der Waals surface area contributed by atoms with E-state index in [9.17, 15) is 4.79 Å². The zero-order valence-corrected chi connectivity index (χ0v) is 8.42. The molecule has 1 aliphatic heterocycles. The summed E-state index contributed by atoms with van der Waals surface area (Å²) in [5.41, 5.74) is 0. The zero-order chi connectivity index (χ0) is 9.10. The van der Waals surface area contributed by atoms with Gasteiger partial charge in [-0.2, -0.15) is 0 Å². The Morgan fingerprint density at radius 2 is 2.08 bits per heavy atom. The zero-order valence-electron chi connectivity index (χ0n) is 7.61. The van der Waals surface area contributed by atoms with Gasteiger partial charge in [0.2, 0.25) is 0 Å². The van der Waals surface area contributed by atoms with Crippen LogP contribution in [-0.2, 0) is 6.54 Å². The molecule has 0 bridgehead atoms. The molecule has 1 fully saturated rings. The van der Waals surface area contributed by atoms with Gasteiger partial charge in [-0.05, 0) is 25.9 Å². The Kier molecular flexibility index (Phi) is 2.80. The standard InChI is InChI=1S/C9H14N2OS/c12-9-11(7-8-13-9)6-5-10-3-1-2-4-10/h7-8H,1-6H2. The Hall–Kier alpha value is -0.610. The highest BCUT2D eigenvalue weighted by Crippen LogP contribution is 2.06. The van der Waals surface area contributed by atoms with Gasteiger partial charge in [0.1, 0.15) is 0 Å². The smallest absolute Gasteiger partial charge is 0.305 e. The summed E-state index contributed by atoms with van der Waals surface area (Å²) in [6, 6.07) is 0. The second kappa shape index (κ2) is 4.07. The first-order chi connectivity index (χ1) is 6.36. The van der Waals surface area contributed by atoms with Gasteiger partial charge in [0.05, 0.1) is 0 Å². The molecule has 4 heteroatoms. The van der Waals surface area contributed by atoms with Crippen LogP contribution in [0, 0.1) is 0 Å². The number of hydrogen-bond donors (Lipinski definition) is 0. The Labute approximate surface area is 81.6 Å². The molecule has 1 aromatic heterocycles. The van der Waals surface area contributed by atoms with Gasteiger partial charge in [-0.15, -0.1) is 0 Å². The summed E-state index contributed by atoms with van der Waals surface area (Å²) in [5, 5.41) is 1.85. The van der Waals surface area contributed by atoms with Gasteiger partial charge in [0.15, 0.2) is 0 Å². The van der Waals surface area contributed by atoms with E-state index in [-0.39, 0.29) is 4.87 Å². The van der Waals surface area contributed by atoms with Crippen molar-refractivity contribution in [2.24, 2.45) is 0 Å². The van der Waals surface area contributed by atoms with Crippen molar-refractivity contribution in [3.63, 3.8) is 0 Å². The molecule has 2 rings (SSSR count). The van der Waals surface area contributed by atoms with E-state index in [1.54, 1.807) is 4.57 Å². The summed E-state index contributed by atoms with van der Waals surface area (Å²) >= 11 is 1.28. The second-order valence-corrected chi connectivity index (χ2v) is 4.27. The van der Waals surface area contributed by atoms with Crippen LogP contribution in [0.4, 0.5) is 0 Å². The summed E-state index contributed by atoms with van der Waals surface area (Å²) in [4.78, 5) is 13.8. The van der Waals surface area contributed by atoms with Crippen molar-refractivity contribution < 1.29 is 0 Å². The molecule has 0 amide bonds. The average molecular weight is 198 g/mol. The predicted octanol–water partition coefficient (Wildman–Crippen LogP) is 1.01.